The van der Waals surface area contributed by atoms with Crippen LogP contribution in [0.2, 0.25) is 0 Å². The second kappa shape index (κ2) is 10.7. The summed E-state index contributed by atoms with van der Waals surface area (Å²) in [7, 11) is -3.56. The molecule has 1 N–H and O–H groups in total. The molecule has 0 aromatic heterocycles. The van der Waals surface area contributed by atoms with E-state index in [9.17, 15) is 13.2 Å². The first-order valence-corrected chi connectivity index (χ1v) is 13.7. The SMILES string of the molecule is CCCCN1CCC(NC(=O)C2CCN(S(=O)(=O)c3c(C)c(C)cc(C)c3C)CC2)CC1. The predicted octanol–water partition coefficient (Wildman–Crippen LogP) is 3.70. The molecule has 6 nitrogen and oxygen atoms in total. The topological polar surface area (TPSA) is 69.7 Å². The van der Waals surface area contributed by atoms with Crippen molar-refractivity contribution >= 4 is 15.9 Å². The van der Waals surface area contributed by atoms with Crippen LogP contribution in [0.3, 0.4) is 0 Å². The minimum absolute atomic E-state index is 0.0963. The maximum absolute atomic E-state index is 13.5. The van der Waals surface area contributed by atoms with E-state index in [-0.39, 0.29) is 17.9 Å². The molecule has 0 bridgehead atoms. The third kappa shape index (κ3) is 5.54. The number of unbranched alkanes of at least 4 members (excludes halogenated alkanes) is 1. The van der Waals surface area contributed by atoms with Gasteiger partial charge < -0.3 is 10.2 Å². The summed E-state index contributed by atoms with van der Waals surface area (Å²) in [6, 6.07) is 2.30. The molecule has 2 fully saturated rings. The number of hydrogen-bond acceptors (Lipinski definition) is 4. The monoisotopic (exact) mass is 463 g/mol. The summed E-state index contributed by atoms with van der Waals surface area (Å²) in [4.78, 5) is 15.8. The van der Waals surface area contributed by atoms with Crippen LogP contribution in [-0.2, 0) is 14.8 Å². The van der Waals surface area contributed by atoms with Crippen molar-refractivity contribution in [3.8, 4) is 0 Å². The minimum Gasteiger partial charge on any atom is -0.353 e. The molecule has 1 aromatic rings. The maximum Gasteiger partial charge on any atom is 0.243 e. The van der Waals surface area contributed by atoms with Gasteiger partial charge in [-0.1, -0.05) is 19.4 Å². The smallest absolute Gasteiger partial charge is 0.243 e. The molecule has 0 spiro atoms. The van der Waals surface area contributed by atoms with Gasteiger partial charge in [-0.25, -0.2) is 8.42 Å². The Labute approximate surface area is 194 Å². The molecule has 0 atom stereocenters. The van der Waals surface area contributed by atoms with Crippen LogP contribution in [-0.4, -0.2) is 62.3 Å². The lowest BCUT2D eigenvalue weighted by molar-refractivity contribution is -0.127. The zero-order valence-electron chi connectivity index (χ0n) is 20.5. The summed E-state index contributed by atoms with van der Waals surface area (Å²) in [5.74, 6) is 0.00817. The third-order valence-corrected chi connectivity index (χ3v) is 9.65. The van der Waals surface area contributed by atoms with E-state index >= 15 is 0 Å². The summed E-state index contributed by atoms with van der Waals surface area (Å²) in [5.41, 5.74) is 3.67. The van der Waals surface area contributed by atoms with Crippen LogP contribution in [0, 0.1) is 33.6 Å². The van der Waals surface area contributed by atoms with Crippen molar-refractivity contribution in [1.82, 2.24) is 14.5 Å². The van der Waals surface area contributed by atoms with Crippen LogP contribution in [0.15, 0.2) is 11.0 Å². The van der Waals surface area contributed by atoms with E-state index in [1.807, 2.05) is 27.7 Å². The van der Waals surface area contributed by atoms with Crippen molar-refractivity contribution in [3.05, 3.63) is 28.3 Å². The number of aryl methyl sites for hydroxylation is 2. The Balaban J connectivity index is 1.56. The van der Waals surface area contributed by atoms with Gasteiger partial charge in [0.2, 0.25) is 15.9 Å². The van der Waals surface area contributed by atoms with E-state index in [2.05, 4.69) is 23.2 Å². The number of hydrogen-bond donors (Lipinski definition) is 1. The lowest BCUT2D eigenvalue weighted by Crippen LogP contribution is -2.48. The van der Waals surface area contributed by atoms with Crippen LogP contribution in [0.5, 0.6) is 0 Å². The van der Waals surface area contributed by atoms with Gasteiger partial charge in [0.1, 0.15) is 0 Å². The summed E-state index contributed by atoms with van der Waals surface area (Å²) in [5, 5.41) is 3.25. The van der Waals surface area contributed by atoms with E-state index in [4.69, 9.17) is 0 Å². The number of nitrogens with one attached hydrogen (secondary N) is 1. The number of carbonyl (C=O) groups excluding carboxylic acids is 1. The molecule has 7 heteroatoms. The fraction of sp³-hybridized carbons (Fsp3) is 0.720. The van der Waals surface area contributed by atoms with Crippen molar-refractivity contribution in [2.45, 2.75) is 84.1 Å². The Morgan fingerprint density at radius 3 is 2.06 bits per heavy atom. The second-order valence-electron chi connectivity index (χ2n) is 9.75. The second-order valence-corrected chi connectivity index (χ2v) is 11.6. The first-order chi connectivity index (χ1) is 15.1. The Morgan fingerprint density at radius 2 is 1.53 bits per heavy atom. The molecular formula is C25H41N3O3S. The molecule has 2 aliphatic rings. The van der Waals surface area contributed by atoms with E-state index < -0.39 is 10.0 Å². The molecule has 1 aromatic carbocycles. The molecule has 0 radical (unpaired) electrons. The molecule has 0 unspecified atom stereocenters. The number of carbonyl (C=O) groups is 1. The van der Waals surface area contributed by atoms with Gasteiger partial charge in [0.15, 0.2) is 0 Å². The highest BCUT2D eigenvalue weighted by Gasteiger charge is 2.35. The van der Waals surface area contributed by atoms with Crippen LogP contribution < -0.4 is 5.32 Å². The molecule has 2 saturated heterocycles. The highest BCUT2D eigenvalue weighted by molar-refractivity contribution is 7.89. The van der Waals surface area contributed by atoms with Crippen LogP contribution >= 0.6 is 0 Å². The Kier molecular flexibility index (Phi) is 8.39. The number of amides is 1. The van der Waals surface area contributed by atoms with Gasteiger partial charge in [-0.05, 0) is 88.6 Å². The van der Waals surface area contributed by atoms with Gasteiger partial charge >= 0.3 is 0 Å². The zero-order valence-corrected chi connectivity index (χ0v) is 21.4. The van der Waals surface area contributed by atoms with Gasteiger partial charge in [0, 0.05) is 38.1 Å². The lowest BCUT2D eigenvalue weighted by atomic mass is 9.96. The number of piperidine rings is 2. The van der Waals surface area contributed by atoms with Crippen molar-refractivity contribution in [3.63, 3.8) is 0 Å². The Bertz CT molecular complexity index is 887. The van der Waals surface area contributed by atoms with Crippen molar-refractivity contribution < 1.29 is 13.2 Å². The van der Waals surface area contributed by atoms with E-state index in [0.29, 0.717) is 30.8 Å². The molecule has 32 heavy (non-hydrogen) atoms. The lowest BCUT2D eigenvalue weighted by Gasteiger charge is -2.35. The standard InChI is InChI=1S/C25H41N3O3S/c1-6-7-12-27-13-10-23(11-14-27)26-25(29)22-8-15-28(16-9-22)32(30,31)24-20(4)18(2)17-19(3)21(24)5/h17,22-23H,6-16H2,1-5H3,(H,26,29). The first kappa shape index (κ1) is 25.2. The highest BCUT2D eigenvalue weighted by Crippen LogP contribution is 2.31. The average molecular weight is 464 g/mol. The quantitative estimate of drug-likeness (QED) is 0.669. The normalized spacial score (nSPS) is 19.9. The van der Waals surface area contributed by atoms with Crippen LogP contribution in [0.25, 0.3) is 0 Å². The summed E-state index contributed by atoms with van der Waals surface area (Å²) in [6.45, 7) is 14.0. The minimum atomic E-state index is -3.56. The summed E-state index contributed by atoms with van der Waals surface area (Å²) in [6.07, 6.45) is 5.64. The molecular weight excluding hydrogens is 422 g/mol. The number of likely N-dealkylation sites (tertiary alicyclic amines) is 1. The summed E-state index contributed by atoms with van der Waals surface area (Å²) < 4.78 is 28.5. The van der Waals surface area contributed by atoms with Gasteiger partial charge in [-0.15, -0.1) is 0 Å². The number of nitrogens with zero attached hydrogens (tertiary/aromatic N) is 2. The highest BCUT2D eigenvalue weighted by atomic mass is 32.2. The first-order valence-electron chi connectivity index (χ1n) is 12.3. The maximum atomic E-state index is 13.5. The molecule has 3 rings (SSSR count). The van der Waals surface area contributed by atoms with Crippen LogP contribution in [0.4, 0.5) is 0 Å². The number of sulfonamides is 1. The van der Waals surface area contributed by atoms with Gasteiger partial charge in [-0.3, -0.25) is 4.79 Å². The van der Waals surface area contributed by atoms with Gasteiger partial charge in [-0.2, -0.15) is 4.31 Å². The van der Waals surface area contributed by atoms with Crippen LogP contribution in [0.1, 0.15) is 67.7 Å². The molecule has 0 saturated carbocycles. The molecule has 2 aliphatic heterocycles. The molecule has 0 aliphatic carbocycles. The predicted molar refractivity (Wildman–Crippen MR) is 129 cm³/mol. The van der Waals surface area contributed by atoms with Gasteiger partial charge in [0.25, 0.3) is 0 Å². The van der Waals surface area contributed by atoms with Crippen molar-refractivity contribution in [1.29, 1.82) is 0 Å². The Hall–Kier alpha value is -1.44. The average Bonchev–Trinajstić information content (AvgIpc) is 2.77. The third-order valence-electron chi connectivity index (χ3n) is 7.48. The fourth-order valence-electron chi connectivity index (χ4n) is 5.06. The van der Waals surface area contributed by atoms with E-state index in [1.54, 1.807) is 4.31 Å². The fourth-order valence-corrected chi connectivity index (χ4v) is 7.10. The van der Waals surface area contributed by atoms with Crippen molar-refractivity contribution in [2.24, 2.45) is 5.92 Å². The largest absolute Gasteiger partial charge is 0.353 e. The molecule has 180 valence electrons. The van der Waals surface area contributed by atoms with E-state index in [1.165, 1.54) is 12.8 Å². The summed E-state index contributed by atoms with van der Waals surface area (Å²) >= 11 is 0. The Morgan fingerprint density at radius 1 is 0.969 bits per heavy atom. The van der Waals surface area contributed by atoms with Crippen molar-refractivity contribution in [2.75, 3.05) is 32.7 Å². The number of rotatable bonds is 7. The van der Waals surface area contributed by atoms with E-state index in [0.717, 1.165) is 54.7 Å². The molecule has 2 heterocycles. The molecule has 1 amide bonds. The number of benzene rings is 1. The van der Waals surface area contributed by atoms with Gasteiger partial charge in [0.05, 0.1) is 4.90 Å². The zero-order chi connectivity index (χ0) is 23.5.